The van der Waals surface area contributed by atoms with Crippen molar-refractivity contribution in [2.45, 2.75) is 6.92 Å². The maximum Gasteiger partial charge on any atom is 0.216 e. The molecule has 0 aliphatic heterocycles. The van der Waals surface area contributed by atoms with Crippen LogP contribution in [0.1, 0.15) is 5.56 Å². The number of furan rings is 1. The molecule has 0 aliphatic rings. The summed E-state index contributed by atoms with van der Waals surface area (Å²) in [7, 11) is 2.10. The van der Waals surface area contributed by atoms with Crippen LogP contribution >= 0.6 is 0 Å². The van der Waals surface area contributed by atoms with E-state index in [-0.39, 0.29) is 0 Å². The minimum Gasteiger partial charge on any atom is -0.455 e. The molecule has 0 amide bonds. The number of aromatic nitrogens is 1. The first-order chi connectivity index (χ1) is 12.2. The van der Waals surface area contributed by atoms with Crippen molar-refractivity contribution in [3.63, 3.8) is 0 Å². The van der Waals surface area contributed by atoms with Crippen molar-refractivity contribution in [3.8, 4) is 11.3 Å². The molecule has 3 aromatic carbocycles. The van der Waals surface area contributed by atoms with Crippen molar-refractivity contribution in [2.24, 2.45) is 7.05 Å². The Balaban J connectivity index is 1.87. The molecule has 120 valence electrons. The Labute approximate surface area is 145 Å². The average Bonchev–Trinajstić information content (AvgIpc) is 3.00. The van der Waals surface area contributed by atoms with Gasteiger partial charge in [0.2, 0.25) is 5.69 Å². The molecule has 2 aromatic heterocycles. The highest BCUT2D eigenvalue weighted by Gasteiger charge is 2.18. The van der Waals surface area contributed by atoms with Crippen molar-refractivity contribution >= 4 is 32.7 Å². The van der Waals surface area contributed by atoms with E-state index in [1.54, 1.807) is 0 Å². The van der Waals surface area contributed by atoms with E-state index in [4.69, 9.17) is 4.42 Å². The Morgan fingerprint density at radius 1 is 0.800 bits per heavy atom. The maximum atomic E-state index is 6.31. The highest BCUT2D eigenvalue weighted by Crippen LogP contribution is 2.34. The molecule has 0 saturated heterocycles. The van der Waals surface area contributed by atoms with Gasteiger partial charge in [0, 0.05) is 16.3 Å². The van der Waals surface area contributed by atoms with Crippen LogP contribution < -0.4 is 4.57 Å². The zero-order chi connectivity index (χ0) is 17.0. The normalized spacial score (nSPS) is 11.6. The average molecular weight is 324 g/mol. The second-order valence-corrected chi connectivity index (χ2v) is 6.63. The highest BCUT2D eigenvalue weighted by molar-refractivity contribution is 6.14. The van der Waals surface area contributed by atoms with E-state index in [2.05, 4.69) is 91.5 Å². The molecule has 0 saturated carbocycles. The third kappa shape index (κ3) is 2.07. The number of hydrogen-bond acceptors (Lipinski definition) is 1. The molecule has 0 bridgehead atoms. The van der Waals surface area contributed by atoms with E-state index in [1.165, 1.54) is 21.9 Å². The number of pyridine rings is 1. The molecule has 5 aromatic rings. The Hall–Kier alpha value is -3.13. The van der Waals surface area contributed by atoms with Crippen LogP contribution in [0.15, 0.2) is 77.3 Å². The number of nitrogens with zero attached hydrogens (tertiary/aromatic N) is 1. The lowest BCUT2D eigenvalue weighted by Gasteiger charge is -2.03. The molecule has 5 rings (SSSR count). The summed E-state index contributed by atoms with van der Waals surface area (Å²) in [6, 6.07) is 23.3. The molecule has 25 heavy (non-hydrogen) atoms. The predicted molar refractivity (Wildman–Crippen MR) is 103 cm³/mol. The molecule has 0 spiro atoms. The van der Waals surface area contributed by atoms with Crippen LogP contribution in [-0.2, 0) is 7.05 Å². The van der Waals surface area contributed by atoms with Gasteiger partial charge in [0.25, 0.3) is 0 Å². The van der Waals surface area contributed by atoms with Crippen molar-refractivity contribution in [1.29, 1.82) is 0 Å². The zero-order valence-corrected chi connectivity index (χ0v) is 14.3. The fourth-order valence-electron chi connectivity index (χ4n) is 3.72. The summed E-state index contributed by atoms with van der Waals surface area (Å²) in [5.74, 6) is 0. The second kappa shape index (κ2) is 5.18. The summed E-state index contributed by atoms with van der Waals surface area (Å²) >= 11 is 0. The fourth-order valence-corrected chi connectivity index (χ4v) is 3.72. The van der Waals surface area contributed by atoms with Gasteiger partial charge in [0.1, 0.15) is 18.2 Å². The zero-order valence-electron chi connectivity index (χ0n) is 14.3. The van der Waals surface area contributed by atoms with Gasteiger partial charge in [-0.1, -0.05) is 48.5 Å². The minimum atomic E-state index is 0.933. The van der Waals surface area contributed by atoms with Gasteiger partial charge in [-0.05, 0) is 30.0 Å². The lowest BCUT2D eigenvalue weighted by atomic mass is 10.0. The molecule has 0 atom stereocenters. The van der Waals surface area contributed by atoms with Gasteiger partial charge in [-0.3, -0.25) is 0 Å². The first-order valence-electron chi connectivity index (χ1n) is 8.52. The summed E-state index contributed by atoms with van der Waals surface area (Å²) in [5.41, 5.74) is 5.56. The van der Waals surface area contributed by atoms with Crippen LogP contribution in [-0.4, -0.2) is 0 Å². The molecule has 2 nitrogen and oxygen atoms in total. The van der Waals surface area contributed by atoms with Gasteiger partial charge in [0.15, 0.2) is 6.20 Å². The monoisotopic (exact) mass is 324 g/mol. The number of fused-ring (bicyclic) bond motifs is 5. The van der Waals surface area contributed by atoms with Crippen LogP contribution in [0.4, 0.5) is 0 Å². The number of aryl methyl sites for hydroxylation is 2. The molecule has 0 aliphatic carbocycles. The van der Waals surface area contributed by atoms with E-state index < -0.39 is 0 Å². The fraction of sp³-hybridized carbons (Fsp3) is 0.0870. The summed E-state index contributed by atoms with van der Waals surface area (Å²) in [6.07, 6.45) is 2.18. The summed E-state index contributed by atoms with van der Waals surface area (Å²) in [6.45, 7) is 2.14. The second-order valence-electron chi connectivity index (χ2n) is 6.63. The van der Waals surface area contributed by atoms with Gasteiger partial charge < -0.3 is 4.42 Å². The lowest BCUT2D eigenvalue weighted by molar-refractivity contribution is -0.659. The summed E-state index contributed by atoms with van der Waals surface area (Å²) in [5, 5.41) is 4.69. The Morgan fingerprint density at radius 2 is 1.60 bits per heavy atom. The largest absolute Gasteiger partial charge is 0.455 e. The molecular weight excluding hydrogens is 306 g/mol. The van der Waals surface area contributed by atoms with Gasteiger partial charge in [0.05, 0.1) is 11.5 Å². The van der Waals surface area contributed by atoms with Crippen molar-refractivity contribution in [1.82, 2.24) is 0 Å². The first kappa shape index (κ1) is 14.2. The van der Waals surface area contributed by atoms with E-state index in [0.717, 1.165) is 27.6 Å². The van der Waals surface area contributed by atoms with E-state index in [0.29, 0.717) is 0 Å². The summed E-state index contributed by atoms with van der Waals surface area (Å²) < 4.78 is 8.50. The highest BCUT2D eigenvalue weighted by atomic mass is 16.3. The number of benzene rings is 3. The molecule has 2 heteroatoms. The van der Waals surface area contributed by atoms with E-state index in [1.807, 2.05) is 0 Å². The van der Waals surface area contributed by atoms with Gasteiger partial charge in [-0.15, -0.1) is 0 Å². The van der Waals surface area contributed by atoms with Crippen LogP contribution in [0.3, 0.4) is 0 Å². The van der Waals surface area contributed by atoms with Crippen LogP contribution in [0, 0.1) is 6.92 Å². The molecular formula is C23H18NO+. The molecule has 0 radical (unpaired) electrons. The van der Waals surface area contributed by atoms with Gasteiger partial charge >= 0.3 is 0 Å². The van der Waals surface area contributed by atoms with Gasteiger partial charge in [-0.2, -0.15) is 0 Å². The molecule has 0 N–H and O–H groups in total. The Morgan fingerprint density at radius 3 is 2.48 bits per heavy atom. The van der Waals surface area contributed by atoms with E-state index >= 15 is 0 Å². The minimum absolute atomic E-state index is 0.933. The third-order valence-corrected chi connectivity index (χ3v) is 5.04. The predicted octanol–water partition coefficient (Wildman–Crippen LogP) is 5.54. The van der Waals surface area contributed by atoms with Crippen molar-refractivity contribution in [3.05, 3.63) is 78.5 Å². The third-order valence-electron chi connectivity index (χ3n) is 5.04. The maximum absolute atomic E-state index is 6.31. The van der Waals surface area contributed by atoms with Crippen LogP contribution in [0.25, 0.3) is 44.0 Å². The van der Waals surface area contributed by atoms with Crippen LogP contribution in [0.2, 0.25) is 0 Å². The van der Waals surface area contributed by atoms with Crippen LogP contribution in [0.5, 0.6) is 0 Å². The molecule has 0 fully saturated rings. The SMILES string of the molecule is Cc1ccccc1-c1cc2oc3c4ccccc4ccc3c2c[n+]1C. The topological polar surface area (TPSA) is 17.0 Å². The molecule has 0 unspecified atom stereocenters. The number of rotatable bonds is 1. The lowest BCUT2D eigenvalue weighted by Crippen LogP contribution is -2.30. The van der Waals surface area contributed by atoms with E-state index in [9.17, 15) is 0 Å². The summed E-state index contributed by atoms with van der Waals surface area (Å²) in [4.78, 5) is 0. The smallest absolute Gasteiger partial charge is 0.216 e. The Bertz CT molecular complexity index is 1260. The van der Waals surface area contributed by atoms with Crippen molar-refractivity contribution < 1.29 is 8.98 Å². The van der Waals surface area contributed by atoms with Crippen molar-refractivity contribution in [2.75, 3.05) is 0 Å². The number of hydrogen-bond donors (Lipinski definition) is 0. The first-order valence-corrected chi connectivity index (χ1v) is 8.52. The quantitative estimate of drug-likeness (QED) is 0.370. The van der Waals surface area contributed by atoms with Gasteiger partial charge in [-0.25, -0.2) is 4.57 Å². The Kier molecular flexibility index (Phi) is 2.95. The molecule has 2 heterocycles. The standard InChI is InChI=1S/C23H18NO/c1-15-7-3-5-9-17(15)21-13-22-20(14-24(21)2)19-12-11-16-8-4-6-10-18(16)23(19)25-22/h3-14H,1-2H3/q+1.